The SMILES string of the molecule is Cc1cc2c(NC(CN)CC(C)C)ncnc2s1. The lowest BCUT2D eigenvalue weighted by Gasteiger charge is -2.19. The van der Waals surface area contributed by atoms with E-state index < -0.39 is 0 Å². The number of aromatic nitrogens is 2. The van der Waals surface area contributed by atoms with Gasteiger partial charge in [0, 0.05) is 17.5 Å². The van der Waals surface area contributed by atoms with E-state index in [1.807, 2.05) is 0 Å². The second-order valence-corrected chi connectivity index (χ2v) is 6.24. The molecule has 0 saturated heterocycles. The van der Waals surface area contributed by atoms with Crippen LogP contribution in [-0.2, 0) is 0 Å². The first-order valence-corrected chi connectivity index (χ1v) is 7.09. The lowest BCUT2D eigenvalue weighted by Crippen LogP contribution is -2.30. The minimum Gasteiger partial charge on any atom is -0.365 e. The van der Waals surface area contributed by atoms with Gasteiger partial charge in [0.1, 0.15) is 17.0 Å². The molecule has 4 nitrogen and oxygen atoms in total. The third-order valence-electron chi connectivity index (χ3n) is 2.83. The molecule has 0 aliphatic carbocycles. The molecule has 3 N–H and O–H groups in total. The predicted molar refractivity (Wildman–Crippen MR) is 78.1 cm³/mol. The fourth-order valence-electron chi connectivity index (χ4n) is 2.07. The van der Waals surface area contributed by atoms with Crippen molar-refractivity contribution < 1.29 is 0 Å². The zero-order chi connectivity index (χ0) is 13.1. The van der Waals surface area contributed by atoms with Gasteiger partial charge in [-0.15, -0.1) is 11.3 Å². The molecule has 0 fully saturated rings. The maximum absolute atomic E-state index is 5.81. The van der Waals surface area contributed by atoms with Crippen LogP contribution >= 0.6 is 11.3 Å². The Morgan fingerprint density at radius 2 is 2.17 bits per heavy atom. The van der Waals surface area contributed by atoms with Gasteiger partial charge in [-0.25, -0.2) is 9.97 Å². The monoisotopic (exact) mass is 264 g/mol. The van der Waals surface area contributed by atoms with Crippen LogP contribution in [0.25, 0.3) is 10.2 Å². The summed E-state index contributed by atoms with van der Waals surface area (Å²) < 4.78 is 0. The van der Waals surface area contributed by atoms with Gasteiger partial charge in [0.05, 0.1) is 5.39 Å². The summed E-state index contributed by atoms with van der Waals surface area (Å²) in [5.41, 5.74) is 5.81. The van der Waals surface area contributed by atoms with Crippen molar-refractivity contribution in [1.82, 2.24) is 9.97 Å². The third kappa shape index (κ3) is 2.97. The fourth-order valence-corrected chi connectivity index (χ4v) is 2.91. The number of hydrogen-bond donors (Lipinski definition) is 2. The Labute approximate surface area is 112 Å². The number of rotatable bonds is 5. The Morgan fingerprint density at radius 3 is 2.83 bits per heavy atom. The molecule has 18 heavy (non-hydrogen) atoms. The number of hydrogen-bond acceptors (Lipinski definition) is 5. The number of anilines is 1. The van der Waals surface area contributed by atoms with Crippen LogP contribution < -0.4 is 11.1 Å². The van der Waals surface area contributed by atoms with Crippen molar-refractivity contribution in [1.29, 1.82) is 0 Å². The standard InChI is InChI=1S/C13H20N4S/c1-8(2)4-10(6-14)17-12-11-5-9(3)18-13(11)16-7-15-12/h5,7-8,10H,4,6,14H2,1-3H3,(H,15,16,17). The van der Waals surface area contributed by atoms with Gasteiger partial charge in [-0.05, 0) is 25.3 Å². The Morgan fingerprint density at radius 1 is 1.39 bits per heavy atom. The van der Waals surface area contributed by atoms with Gasteiger partial charge >= 0.3 is 0 Å². The lowest BCUT2D eigenvalue weighted by atomic mass is 10.0. The highest BCUT2D eigenvalue weighted by molar-refractivity contribution is 7.18. The van der Waals surface area contributed by atoms with E-state index in [-0.39, 0.29) is 6.04 Å². The Balaban J connectivity index is 2.24. The van der Waals surface area contributed by atoms with E-state index in [2.05, 4.69) is 42.1 Å². The van der Waals surface area contributed by atoms with E-state index in [9.17, 15) is 0 Å². The van der Waals surface area contributed by atoms with Gasteiger partial charge < -0.3 is 11.1 Å². The van der Waals surface area contributed by atoms with Gasteiger partial charge in [0.15, 0.2) is 0 Å². The van der Waals surface area contributed by atoms with Crippen LogP contribution in [0.1, 0.15) is 25.1 Å². The highest BCUT2D eigenvalue weighted by atomic mass is 32.1. The highest BCUT2D eigenvalue weighted by Gasteiger charge is 2.12. The van der Waals surface area contributed by atoms with Crippen LogP contribution in [0.3, 0.4) is 0 Å². The molecule has 0 aliphatic heterocycles. The summed E-state index contributed by atoms with van der Waals surface area (Å²) in [4.78, 5) is 10.9. The zero-order valence-corrected chi connectivity index (χ0v) is 11.9. The normalized spacial score (nSPS) is 13.2. The number of nitrogens with two attached hydrogens (primary N) is 1. The van der Waals surface area contributed by atoms with Gasteiger partial charge in [-0.2, -0.15) is 0 Å². The zero-order valence-electron chi connectivity index (χ0n) is 11.1. The second-order valence-electron chi connectivity index (χ2n) is 5.00. The van der Waals surface area contributed by atoms with Crippen LogP contribution in [0.4, 0.5) is 5.82 Å². The molecule has 5 heteroatoms. The molecule has 98 valence electrons. The van der Waals surface area contributed by atoms with Crippen molar-refractivity contribution >= 4 is 27.4 Å². The molecule has 0 radical (unpaired) electrons. The van der Waals surface area contributed by atoms with Gasteiger partial charge in [-0.1, -0.05) is 13.8 Å². The molecule has 0 spiro atoms. The van der Waals surface area contributed by atoms with Gasteiger partial charge in [0.25, 0.3) is 0 Å². The molecular formula is C13H20N4S. The molecule has 0 amide bonds. The molecule has 2 aromatic heterocycles. The third-order valence-corrected chi connectivity index (χ3v) is 3.79. The Hall–Kier alpha value is -1.20. The summed E-state index contributed by atoms with van der Waals surface area (Å²) in [6.45, 7) is 7.11. The summed E-state index contributed by atoms with van der Waals surface area (Å²) >= 11 is 1.69. The first-order chi connectivity index (χ1) is 8.60. The van der Waals surface area contributed by atoms with E-state index in [4.69, 9.17) is 5.73 Å². The van der Waals surface area contributed by atoms with Crippen LogP contribution in [0, 0.1) is 12.8 Å². The summed E-state index contributed by atoms with van der Waals surface area (Å²) in [7, 11) is 0. The van der Waals surface area contributed by atoms with E-state index in [0.717, 1.165) is 22.5 Å². The van der Waals surface area contributed by atoms with E-state index in [1.54, 1.807) is 17.7 Å². The number of aryl methyl sites for hydroxylation is 1. The smallest absolute Gasteiger partial charge is 0.138 e. The van der Waals surface area contributed by atoms with Gasteiger partial charge in [0.2, 0.25) is 0 Å². The van der Waals surface area contributed by atoms with Crippen LogP contribution in [-0.4, -0.2) is 22.6 Å². The minimum absolute atomic E-state index is 0.267. The van der Waals surface area contributed by atoms with E-state index in [0.29, 0.717) is 12.5 Å². The van der Waals surface area contributed by atoms with Crippen LogP contribution in [0.2, 0.25) is 0 Å². The topological polar surface area (TPSA) is 63.8 Å². The number of nitrogens with zero attached hydrogens (tertiary/aromatic N) is 2. The van der Waals surface area contributed by atoms with E-state index in [1.165, 1.54) is 4.88 Å². The first-order valence-electron chi connectivity index (χ1n) is 6.28. The van der Waals surface area contributed by atoms with Crippen molar-refractivity contribution in [3.8, 4) is 0 Å². The fraction of sp³-hybridized carbons (Fsp3) is 0.538. The van der Waals surface area contributed by atoms with Crippen molar-refractivity contribution in [3.05, 3.63) is 17.3 Å². The quantitative estimate of drug-likeness (QED) is 0.871. The maximum atomic E-state index is 5.81. The van der Waals surface area contributed by atoms with Crippen molar-refractivity contribution in [3.63, 3.8) is 0 Å². The second kappa shape index (κ2) is 5.63. The van der Waals surface area contributed by atoms with Crippen molar-refractivity contribution in [2.45, 2.75) is 33.2 Å². The van der Waals surface area contributed by atoms with Crippen LogP contribution in [0.5, 0.6) is 0 Å². The molecule has 1 atom stereocenters. The summed E-state index contributed by atoms with van der Waals surface area (Å²) in [5.74, 6) is 1.52. The van der Waals surface area contributed by atoms with Crippen LogP contribution in [0.15, 0.2) is 12.4 Å². The molecule has 2 heterocycles. The van der Waals surface area contributed by atoms with Crippen molar-refractivity contribution in [2.75, 3.05) is 11.9 Å². The average molecular weight is 264 g/mol. The minimum atomic E-state index is 0.267. The Bertz CT molecular complexity index is 521. The first kappa shape index (κ1) is 13.2. The average Bonchev–Trinajstić information content (AvgIpc) is 2.69. The molecule has 2 aromatic rings. The molecular weight excluding hydrogens is 244 g/mol. The molecule has 0 aromatic carbocycles. The Kier molecular flexibility index (Phi) is 4.14. The molecule has 0 bridgehead atoms. The molecule has 1 unspecified atom stereocenters. The summed E-state index contributed by atoms with van der Waals surface area (Å²) in [5, 5.41) is 4.55. The predicted octanol–water partition coefficient (Wildman–Crippen LogP) is 2.79. The van der Waals surface area contributed by atoms with E-state index >= 15 is 0 Å². The summed E-state index contributed by atoms with van der Waals surface area (Å²) in [6, 6.07) is 2.40. The number of nitrogens with one attached hydrogen (secondary N) is 1. The molecule has 0 saturated carbocycles. The molecule has 2 rings (SSSR count). The maximum Gasteiger partial charge on any atom is 0.138 e. The van der Waals surface area contributed by atoms with Gasteiger partial charge in [-0.3, -0.25) is 0 Å². The highest BCUT2D eigenvalue weighted by Crippen LogP contribution is 2.28. The summed E-state index contributed by atoms with van der Waals surface area (Å²) in [6.07, 6.45) is 2.66. The molecule has 0 aliphatic rings. The number of thiophene rings is 1. The van der Waals surface area contributed by atoms with Crippen molar-refractivity contribution in [2.24, 2.45) is 11.7 Å². The number of fused-ring (bicyclic) bond motifs is 1. The largest absolute Gasteiger partial charge is 0.365 e. The lowest BCUT2D eigenvalue weighted by molar-refractivity contribution is 0.521.